The van der Waals surface area contributed by atoms with Gasteiger partial charge in [-0.25, -0.2) is 4.98 Å². The van der Waals surface area contributed by atoms with Gasteiger partial charge in [-0.05, 0) is 19.1 Å². The topological polar surface area (TPSA) is 50.3 Å². The summed E-state index contributed by atoms with van der Waals surface area (Å²) in [5, 5.41) is 3.04. The van der Waals surface area contributed by atoms with E-state index < -0.39 is 0 Å². The van der Waals surface area contributed by atoms with Gasteiger partial charge in [0, 0.05) is 16.6 Å². The zero-order chi connectivity index (χ0) is 13.4. The third kappa shape index (κ3) is 2.29. The number of hydrogen-bond acceptors (Lipinski definition) is 4. The Bertz CT molecular complexity index is 646. The number of aryl methyl sites for hydroxylation is 1. The highest BCUT2D eigenvalue weighted by Crippen LogP contribution is 2.26. The Labute approximate surface area is 114 Å². The number of anilines is 1. The fourth-order valence-electron chi connectivity index (χ4n) is 2.13. The lowest BCUT2D eigenvalue weighted by atomic mass is 10.1. The van der Waals surface area contributed by atoms with Crippen LogP contribution in [0.15, 0.2) is 29.6 Å². The molecule has 1 aliphatic heterocycles. The van der Waals surface area contributed by atoms with E-state index in [9.17, 15) is 9.59 Å². The van der Waals surface area contributed by atoms with Gasteiger partial charge in [0.2, 0.25) is 5.91 Å². The Morgan fingerprint density at radius 3 is 2.47 bits per heavy atom. The van der Waals surface area contributed by atoms with Crippen LogP contribution < -0.4 is 4.90 Å². The zero-order valence-corrected chi connectivity index (χ0v) is 11.2. The van der Waals surface area contributed by atoms with Gasteiger partial charge in [-0.15, -0.1) is 11.3 Å². The van der Waals surface area contributed by atoms with Crippen molar-refractivity contribution in [2.24, 2.45) is 0 Å². The molecule has 2 heterocycles. The Morgan fingerprint density at radius 2 is 1.95 bits per heavy atom. The molecule has 1 fully saturated rings. The molecule has 96 valence electrons. The highest BCUT2D eigenvalue weighted by atomic mass is 32.1. The maximum absolute atomic E-state index is 11.6. The van der Waals surface area contributed by atoms with Crippen molar-refractivity contribution >= 4 is 28.7 Å². The van der Waals surface area contributed by atoms with E-state index in [1.807, 2.05) is 36.6 Å². The van der Waals surface area contributed by atoms with Crippen molar-refractivity contribution in [2.45, 2.75) is 13.3 Å². The standard InChI is InChI=1S/C14H12N2O2S/c1-9-15-13(8-19-9)10-2-4-11(5-3-10)16-7-12(17)6-14(16)18/h2-5,8H,6-7H2,1H3. The Morgan fingerprint density at radius 1 is 1.21 bits per heavy atom. The summed E-state index contributed by atoms with van der Waals surface area (Å²) in [5.41, 5.74) is 2.73. The van der Waals surface area contributed by atoms with Gasteiger partial charge in [0.1, 0.15) is 0 Å². The summed E-state index contributed by atoms with van der Waals surface area (Å²) >= 11 is 1.61. The molecule has 1 aliphatic rings. The van der Waals surface area contributed by atoms with Crippen LogP contribution in [0.5, 0.6) is 0 Å². The number of carbonyl (C=O) groups excluding carboxylic acids is 2. The van der Waals surface area contributed by atoms with E-state index in [0.29, 0.717) is 0 Å². The number of amides is 1. The molecule has 5 heteroatoms. The number of aromatic nitrogens is 1. The largest absolute Gasteiger partial charge is 0.305 e. The molecule has 0 aliphatic carbocycles. The molecule has 1 aromatic heterocycles. The molecular formula is C14H12N2O2S. The Hall–Kier alpha value is -2.01. The molecule has 0 N–H and O–H groups in total. The van der Waals surface area contributed by atoms with Crippen LogP contribution in [-0.4, -0.2) is 23.2 Å². The third-order valence-electron chi connectivity index (χ3n) is 3.08. The van der Waals surface area contributed by atoms with Crippen molar-refractivity contribution < 1.29 is 9.59 Å². The van der Waals surface area contributed by atoms with Crippen molar-refractivity contribution in [1.29, 1.82) is 0 Å². The van der Waals surface area contributed by atoms with E-state index >= 15 is 0 Å². The van der Waals surface area contributed by atoms with E-state index in [1.54, 1.807) is 11.3 Å². The van der Waals surface area contributed by atoms with Crippen LogP contribution in [0.2, 0.25) is 0 Å². The number of hydrogen-bond donors (Lipinski definition) is 0. The first-order valence-electron chi connectivity index (χ1n) is 5.98. The maximum atomic E-state index is 11.6. The first kappa shape index (κ1) is 12.0. The van der Waals surface area contributed by atoms with Crippen LogP contribution in [-0.2, 0) is 9.59 Å². The molecule has 0 bridgehead atoms. The minimum atomic E-state index is -0.123. The summed E-state index contributed by atoms with van der Waals surface area (Å²) in [6.45, 7) is 2.16. The third-order valence-corrected chi connectivity index (χ3v) is 3.85. The highest BCUT2D eigenvalue weighted by molar-refractivity contribution is 7.09. The van der Waals surface area contributed by atoms with Crippen molar-refractivity contribution in [3.05, 3.63) is 34.7 Å². The Balaban J connectivity index is 1.87. The van der Waals surface area contributed by atoms with Gasteiger partial charge in [0.05, 0.1) is 23.7 Å². The second-order valence-corrected chi connectivity index (χ2v) is 5.56. The molecule has 1 saturated heterocycles. The summed E-state index contributed by atoms with van der Waals surface area (Å²) in [4.78, 5) is 28.8. The second kappa shape index (κ2) is 4.59. The van der Waals surface area contributed by atoms with E-state index in [4.69, 9.17) is 0 Å². The lowest BCUT2D eigenvalue weighted by molar-refractivity contribution is -0.121. The molecule has 19 heavy (non-hydrogen) atoms. The van der Waals surface area contributed by atoms with E-state index in [2.05, 4.69) is 4.98 Å². The number of carbonyl (C=O) groups is 2. The van der Waals surface area contributed by atoms with Crippen LogP contribution in [0.25, 0.3) is 11.3 Å². The normalized spacial score (nSPS) is 15.3. The first-order valence-corrected chi connectivity index (χ1v) is 6.86. The maximum Gasteiger partial charge on any atom is 0.234 e. The summed E-state index contributed by atoms with van der Waals surface area (Å²) < 4.78 is 0. The van der Waals surface area contributed by atoms with Crippen LogP contribution in [0, 0.1) is 6.92 Å². The molecule has 2 aromatic rings. The fourth-order valence-corrected chi connectivity index (χ4v) is 2.75. The predicted molar refractivity (Wildman–Crippen MR) is 74.3 cm³/mol. The van der Waals surface area contributed by atoms with E-state index in [-0.39, 0.29) is 24.7 Å². The van der Waals surface area contributed by atoms with E-state index in [0.717, 1.165) is 22.0 Å². The lowest BCUT2D eigenvalue weighted by Gasteiger charge is -2.14. The number of ketones is 1. The second-order valence-electron chi connectivity index (χ2n) is 4.49. The minimum Gasteiger partial charge on any atom is -0.305 e. The van der Waals surface area contributed by atoms with Gasteiger partial charge >= 0.3 is 0 Å². The van der Waals surface area contributed by atoms with Crippen molar-refractivity contribution in [3.63, 3.8) is 0 Å². The van der Waals surface area contributed by atoms with Gasteiger partial charge in [0.15, 0.2) is 5.78 Å². The van der Waals surface area contributed by atoms with Gasteiger partial charge in [-0.3, -0.25) is 9.59 Å². The van der Waals surface area contributed by atoms with Gasteiger partial charge < -0.3 is 4.90 Å². The monoisotopic (exact) mass is 272 g/mol. The minimum absolute atomic E-state index is 0.0209. The van der Waals surface area contributed by atoms with Gasteiger partial charge in [-0.1, -0.05) is 12.1 Å². The van der Waals surface area contributed by atoms with Gasteiger partial charge in [0.25, 0.3) is 0 Å². The number of thiazole rings is 1. The quantitative estimate of drug-likeness (QED) is 0.789. The molecule has 0 atom stereocenters. The van der Waals surface area contributed by atoms with Crippen molar-refractivity contribution in [3.8, 4) is 11.3 Å². The molecule has 0 radical (unpaired) electrons. The molecule has 4 nitrogen and oxygen atoms in total. The zero-order valence-electron chi connectivity index (χ0n) is 10.4. The summed E-state index contributed by atoms with van der Waals surface area (Å²) in [6.07, 6.45) is 0.0209. The number of rotatable bonds is 2. The van der Waals surface area contributed by atoms with E-state index in [1.165, 1.54) is 4.90 Å². The SMILES string of the molecule is Cc1nc(-c2ccc(N3CC(=O)CC3=O)cc2)cs1. The summed E-state index contributed by atoms with van der Waals surface area (Å²) in [5.74, 6) is -0.147. The van der Waals surface area contributed by atoms with Crippen LogP contribution >= 0.6 is 11.3 Å². The smallest absolute Gasteiger partial charge is 0.234 e. The first-order chi connectivity index (χ1) is 9.13. The van der Waals surface area contributed by atoms with Crippen LogP contribution in [0.4, 0.5) is 5.69 Å². The molecule has 1 aromatic carbocycles. The van der Waals surface area contributed by atoms with Crippen LogP contribution in [0.3, 0.4) is 0 Å². The average molecular weight is 272 g/mol. The van der Waals surface area contributed by atoms with Gasteiger partial charge in [-0.2, -0.15) is 0 Å². The lowest BCUT2D eigenvalue weighted by Crippen LogP contribution is -2.24. The Kier molecular flexibility index (Phi) is 2.91. The van der Waals surface area contributed by atoms with Crippen molar-refractivity contribution in [1.82, 2.24) is 4.98 Å². The average Bonchev–Trinajstić information content (AvgIpc) is 2.96. The predicted octanol–water partition coefficient (Wildman–Crippen LogP) is 2.42. The number of nitrogens with zero attached hydrogens (tertiary/aromatic N) is 2. The summed E-state index contributed by atoms with van der Waals surface area (Å²) in [7, 11) is 0. The molecule has 1 amide bonds. The van der Waals surface area contributed by atoms with Crippen LogP contribution in [0.1, 0.15) is 11.4 Å². The fraction of sp³-hybridized carbons (Fsp3) is 0.214. The highest BCUT2D eigenvalue weighted by Gasteiger charge is 2.28. The molecule has 3 rings (SSSR count). The molecular weight excluding hydrogens is 260 g/mol. The number of benzene rings is 1. The molecule has 0 spiro atoms. The molecule has 0 unspecified atom stereocenters. The molecule has 0 saturated carbocycles. The van der Waals surface area contributed by atoms with Crippen molar-refractivity contribution in [2.75, 3.05) is 11.4 Å². The summed E-state index contributed by atoms with van der Waals surface area (Å²) in [6, 6.07) is 7.58. The number of Topliss-reactive ketones (excluding diaryl/α,β-unsaturated/α-hetero) is 1.